The van der Waals surface area contributed by atoms with E-state index in [-0.39, 0.29) is 11.9 Å². The van der Waals surface area contributed by atoms with Crippen molar-refractivity contribution in [1.29, 1.82) is 0 Å². The van der Waals surface area contributed by atoms with Crippen molar-refractivity contribution in [3.63, 3.8) is 0 Å². The average molecular weight is 447 g/mol. The first-order chi connectivity index (χ1) is 15.0. The lowest BCUT2D eigenvalue weighted by molar-refractivity contribution is -0.144. The van der Waals surface area contributed by atoms with Crippen LogP contribution in [0, 0.1) is 0 Å². The van der Waals surface area contributed by atoms with Crippen molar-refractivity contribution in [2.45, 2.75) is 44.2 Å². The van der Waals surface area contributed by atoms with Gasteiger partial charge in [0, 0.05) is 37.8 Å². The monoisotopic (exact) mass is 446 g/mol. The third-order valence-corrected chi connectivity index (χ3v) is 6.14. The van der Waals surface area contributed by atoms with Gasteiger partial charge in [-0.25, -0.2) is 0 Å². The number of carbonyl (C=O) groups is 1. The molecule has 1 aromatic heterocycles. The van der Waals surface area contributed by atoms with Gasteiger partial charge in [0.05, 0.1) is 36.7 Å². The van der Waals surface area contributed by atoms with Gasteiger partial charge in [-0.15, -0.1) is 0 Å². The van der Waals surface area contributed by atoms with Gasteiger partial charge in [0.15, 0.2) is 0 Å². The number of aryl methyl sites for hydroxylation is 1. The first-order valence-electron chi connectivity index (χ1n) is 10.5. The predicted molar refractivity (Wildman–Crippen MR) is 117 cm³/mol. The largest absolute Gasteiger partial charge is 0.496 e. The van der Waals surface area contributed by atoms with E-state index in [1.165, 1.54) is 0 Å². The van der Waals surface area contributed by atoms with Crippen LogP contribution in [0.15, 0.2) is 29.6 Å². The van der Waals surface area contributed by atoms with E-state index in [0.29, 0.717) is 40.8 Å². The van der Waals surface area contributed by atoms with Crippen LogP contribution in [0.25, 0.3) is 0 Å². The summed E-state index contributed by atoms with van der Waals surface area (Å²) in [5, 5.41) is 9.20. The second kappa shape index (κ2) is 9.18. The SMILES string of the molecule is COc1cc(OC)c(C2=NO[C@@H](C(=O)N3CCCCC[C@@H]3c3ccn(C)n3)C2)cc1Cl. The van der Waals surface area contributed by atoms with E-state index >= 15 is 0 Å². The second-order valence-electron chi connectivity index (χ2n) is 7.83. The second-order valence-corrected chi connectivity index (χ2v) is 8.24. The summed E-state index contributed by atoms with van der Waals surface area (Å²) < 4.78 is 12.5. The molecule has 1 aromatic carbocycles. The zero-order chi connectivity index (χ0) is 22.0. The van der Waals surface area contributed by atoms with Crippen molar-refractivity contribution in [3.8, 4) is 11.5 Å². The molecule has 0 bridgehead atoms. The molecule has 2 atom stereocenters. The molecule has 31 heavy (non-hydrogen) atoms. The van der Waals surface area contributed by atoms with Gasteiger partial charge in [-0.2, -0.15) is 5.10 Å². The molecule has 0 aliphatic carbocycles. The minimum atomic E-state index is -0.676. The predicted octanol–water partition coefficient (Wildman–Crippen LogP) is 3.73. The third kappa shape index (κ3) is 4.35. The minimum absolute atomic E-state index is 0.0474. The Morgan fingerprint density at radius 1 is 1.19 bits per heavy atom. The van der Waals surface area contributed by atoms with Crippen LogP contribution in [-0.2, 0) is 16.7 Å². The van der Waals surface area contributed by atoms with Crippen LogP contribution in [0.4, 0.5) is 0 Å². The Bertz CT molecular complexity index is 990. The molecule has 2 aliphatic rings. The smallest absolute Gasteiger partial charge is 0.267 e. The number of nitrogens with zero attached hydrogens (tertiary/aromatic N) is 4. The van der Waals surface area contributed by atoms with Crippen LogP contribution in [0.2, 0.25) is 5.02 Å². The number of ether oxygens (including phenoxy) is 2. The number of amides is 1. The van der Waals surface area contributed by atoms with E-state index in [4.69, 9.17) is 25.9 Å². The Kier molecular flexibility index (Phi) is 6.36. The number of benzene rings is 1. The molecule has 3 heterocycles. The summed E-state index contributed by atoms with van der Waals surface area (Å²) >= 11 is 6.30. The summed E-state index contributed by atoms with van der Waals surface area (Å²) in [5.41, 5.74) is 2.24. The Balaban J connectivity index is 1.54. The van der Waals surface area contributed by atoms with Crippen molar-refractivity contribution < 1.29 is 19.1 Å². The Morgan fingerprint density at radius 3 is 2.71 bits per heavy atom. The summed E-state index contributed by atoms with van der Waals surface area (Å²) in [6.45, 7) is 0.687. The number of aromatic nitrogens is 2. The Hall–Kier alpha value is -2.74. The number of carbonyl (C=O) groups excluding carboxylic acids is 1. The van der Waals surface area contributed by atoms with Crippen molar-refractivity contribution >= 4 is 23.2 Å². The van der Waals surface area contributed by atoms with Crippen LogP contribution >= 0.6 is 11.6 Å². The maximum atomic E-state index is 13.5. The molecule has 166 valence electrons. The third-order valence-electron chi connectivity index (χ3n) is 5.84. The molecule has 0 saturated carbocycles. The number of methoxy groups -OCH3 is 2. The van der Waals surface area contributed by atoms with Gasteiger partial charge in [0.25, 0.3) is 5.91 Å². The molecule has 9 heteroatoms. The lowest BCUT2D eigenvalue weighted by Crippen LogP contribution is -2.41. The van der Waals surface area contributed by atoms with Crippen LogP contribution < -0.4 is 9.47 Å². The molecular formula is C22H27ClN4O4. The molecule has 1 fully saturated rings. The molecule has 1 saturated heterocycles. The summed E-state index contributed by atoms with van der Waals surface area (Å²) in [4.78, 5) is 21.0. The average Bonchev–Trinajstić information content (AvgIpc) is 3.36. The zero-order valence-corrected chi connectivity index (χ0v) is 18.8. The van der Waals surface area contributed by atoms with Gasteiger partial charge in [-0.3, -0.25) is 9.48 Å². The molecule has 8 nitrogen and oxygen atoms in total. The van der Waals surface area contributed by atoms with Crippen molar-refractivity contribution in [2.24, 2.45) is 12.2 Å². The highest BCUT2D eigenvalue weighted by Crippen LogP contribution is 2.36. The molecule has 0 unspecified atom stereocenters. The van der Waals surface area contributed by atoms with Gasteiger partial charge < -0.3 is 19.2 Å². The summed E-state index contributed by atoms with van der Waals surface area (Å²) in [6, 6.07) is 5.38. The highest BCUT2D eigenvalue weighted by Gasteiger charge is 2.37. The van der Waals surface area contributed by atoms with Crippen LogP contribution in [0.5, 0.6) is 11.5 Å². The number of halogens is 1. The number of oxime groups is 1. The summed E-state index contributed by atoms with van der Waals surface area (Å²) in [5.74, 6) is 1.02. The van der Waals surface area contributed by atoms with Crippen LogP contribution in [0.1, 0.15) is 49.4 Å². The van der Waals surface area contributed by atoms with Gasteiger partial charge in [0.1, 0.15) is 11.5 Å². The van der Waals surface area contributed by atoms with E-state index in [0.717, 1.165) is 31.4 Å². The van der Waals surface area contributed by atoms with Crippen molar-refractivity contribution in [3.05, 3.63) is 40.7 Å². The molecular weight excluding hydrogens is 420 g/mol. The fourth-order valence-electron chi connectivity index (χ4n) is 4.23. The van der Waals surface area contributed by atoms with E-state index in [2.05, 4.69) is 10.3 Å². The Morgan fingerprint density at radius 2 is 2.00 bits per heavy atom. The van der Waals surface area contributed by atoms with Gasteiger partial charge in [0.2, 0.25) is 6.10 Å². The molecule has 2 aliphatic heterocycles. The van der Waals surface area contributed by atoms with E-state index < -0.39 is 6.10 Å². The maximum absolute atomic E-state index is 13.5. The standard InChI is InChI=1S/C22H27ClN4O4/c1-26-10-8-16(24-26)18-7-5-4-6-9-27(18)22(28)21-12-17(25-31-21)14-11-15(23)20(30-3)13-19(14)29-2/h8,10-11,13,18,21H,4-7,9,12H2,1-3H3/t18-,21-/m1/s1. The molecule has 0 radical (unpaired) electrons. The fourth-order valence-corrected chi connectivity index (χ4v) is 4.47. The van der Waals surface area contributed by atoms with Gasteiger partial charge in [-0.1, -0.05) is 29.6 Å². The highest BCUT2D eigenvalue weighted by molar-refractivity contribution is 6.32. The lowest BCUT2D eigenvalue weighted by Gasteiger charge is -2.30. The normalized spacial score (nSPS) is 21.3. The number of likely N-dealkylation sites (tertiary alicyclic amines) is 1. The quantitative estimate of drug-likeness (QED) is 0.699. The van der Waals surface area contributed by atoms with Crippen molar-refractivity contribution in [2.75, 3.05) is 20.8 Å². The number of hydrogen-bond acceptors (Lipinski definition) is 6. The van der Waals surface area contributed by atoms with Crippen LogP contribution in [0.3, 0.4) is 0 Å². The van der Waals surface area contributed by atoms with Crippen molar-refractivity contribution in [1.82, 2.24) is 14.7 Å². The molecule has 1 amide bonds. The molecule has 0 spiro atoms. The van der Waals surface area contributed by atoms with Gasteiger partial charge in [-0.05, 0) is 25.0 Å². The van der Waals surface area contributed by atoms with Crippen LogP contribution in [-0.4, -0.2) is 53.2 Å². The molecule has 4 rings (SSSR count). The number of hydrogen-bond donors (Lipinski definition) is 0. The highest BCUT2D eigenvalue weighted by atomic mass is 35.5. The zero-order valence-electron chi connectivity index (χ0n) is 18.0. The van der Waals surface area contributed by atoms with E-state index in [1.54, 1.807) is 31.0 Å². The van der Waals surface area contributed by atoms with E-state index in [1.807, 2.05) is 24.2 Å². The first kappa shape index (κ1) is 21.5. The topological polar surface area (TPSA) is 78.2 Å². The maximum Gasteiger partial charge on any atom is 0.267 e. The molecule has 0 N–H and O–H groups in total. The summed E-state index contributed by atoms with van der Waals surface area (Å²) in [6.07, 6.45) is 5.62. The Labute approximate surface area is 186 Å². The summed E-state index contributed by atoms with van der Waals surface area (Å²) in [7, 11) is 5.00. The van der Waals surface area contributed by atoms with Gasteiger partial charge >= 0.3 is 0 Å². The minimum Gasteiger partial charge on any atom is -0.496 e. The first-order valence-corrected chi connectivity index (χ1v) is 10.8. The van der Waals surface area contributed by atoms with E-state index in [9.17, 15) is 4.79 Å². The fraction of sp³-hybridized carbons (Fsp3) is 0.500. The number of rotatable bonds is 5. The lowest BCUT2D eigenvalue weighted by atomic mass is 10.0. The molecule has 2 aromatic rings.